The van der Waals surface area contributed by atoms with Crippen LogP contribution in [0.25, 0.3) is 6.08 Å². The highest BCUT2D eigenvalue weighted by Crippen LogP contribution is 2.09. The first-order valence-electron chi connectivity index (χ1n) is 4.71. The Hall–Kier alpha value is -1.84. The van der Waals surface area contributed by atoms with E-state index in [0.717, 1.165) is 5.69 Å². The van der Waals surface area contributed by atoms with Gasteiger partial charge in [-0.3, -0.25) is 4.98 Å². The Morgan fingerprint density at radius 1 is 1.60 bits per heavy atom. The molecule has 15 heavy (non-hydrogen) atoms. The number of ether oxygens (including phenoxy) is 1. The van der Waals surface area contributed by atoms with Crippen molar-refractivity contribution in [3.05, 3.63) is 29.6 Å². The van der Waals surface area contributed by atoms with E-state index in [4.69, 9.17) is 10.5 Å². The van der Waals surface area contributed by atoms with Gasteiger partial charge in [0.05, 0.1) is 23.7 Å². The molecule has 1 aromatic heterocycles. The molecule has 0 aliphatic carbocycles. The van der Waals surface area contributed by atoms with E-state index in [2.05, 4.69) is 4.98 Å². The fraction of sp³-hybridized carbons (Fsp3) is 0.273. The van der Waals surface area contributed by atoms with Crippen LogP contribution in [0.3, 0.4) is 0 Å². The van der Waals surface area contributed by atoms with E-state index in [9.17, 15) is 4.79 Å². The van der Waals surface area contributed by atoms with Crippen molar-refractivity contribution in [1.82, 2.24) is 4.98 Å². The Morgan fingerprint density at radius 3 is 2.93 bits per heavy atom. The van der Waals surface area contributed by atoms with E-state index in [0.29, 0.717) is 18.0 Å². The first kappa shape index (κ1) is 11.2. The first-order valence-corrected chi connectivity index (χ1v) is 4.71. The van der Waals surface area contributed by atoms with Crippen LogP contribution in [0.5, 0.6) is 0 Å². The van der Waals surface area contributed by atoms with Gasteiger partial charge in [0.2, 0.25) is 0 Å². The smallest absolute Gasteiger partial charge is 0.330 e. The van der Waals surface area contributed by atoms with Crippen LogP contribution in [-0.2, 0) is 9.53 Å². The third-order valence-corrected chi connectivity index (χ3v) is 1.83. The number of anilines is 1. The second kappa shape index (κ2) is 5.14. The van der Waals surface area contributed by atoms with Gasteiger partial charge in [-0.25, -0.2) is 4.79 Å². The van der Waals surface area contributed by atoms with Gasteiger partial charge >= 0.3 is 5.97 Å². The van der Waals surface area contributed by atoms with Crippen LogP contribution in [0, 0.1) is 6.92 Å². The highest BCUT2D eigenvalue weighted by Gasteiger charge is 1.97. The summed E-state index contributed by atoms with van der Waals surface area (Å²) in [4.78, 5) is 15.2. The summed E-state index contributed by atoms with van der Waals surface area (Å²) in [5.41, 5.74) is 7.70. The Kier molecular flexibility index (Phi) is 3.85. The fourth-order valence-electron chi connectivity index (χ4n) is 1.03. The predicted octanol–water partition coefficient (Wildman–Crippen LogP) is 1.55. The molecule has 0 saturated carbocycles. The molecule has 4 nitrogen and oxygen atoms in total. The highest BCUT2D eigenvalue weighted by molar-refractivity contribution is 5.86. The van der Waals surface area contributed by atoms with Crippen LogP contribution in [0.2, 0.25) is 0 Å². The molecule has 4 heteroatoms. The molecule has 0 aliphatic rings. The molecular formula is C11H14N2O2. The number of hydrogen-bond donors (Lipinski definition) is 1. The van der Waals surface area contributed by atoms with Gasteiger partial charge in [-0.05, 0) is 32.1 Å². The molecule has 80 valence electrons. The summed E-state index contributed by atoms with van der Waals surface area (Å²) in [6, 6.07) is 3.51. The van der Waals surface area contributed by atoms with Gasteiger partial charge in [-0.15, -0.1) is 0 Å². The number of nitrogen functional groups attached to an aromatic ring is 1. The number of nitrogens with zero attached hydrogens (tertiary/aromatic N) is 1. The lowest BCUT2D eigenvalue weighted by Crippen LogP contribution is -1.99. The third kappa shape index (κ3) is 3.42. The average molecular weight is 206 g/mol. The molecule has 0 fully saturated rings. The monoisotopic (exact) mass is 206 g/mol. The first-order chi connectivity index (χ1) is 7.13. The highest BCUT2D eigenvalue weighted by atomic mass is 16.5. The van der Waals surface area contributed by atoms with Crippen molar-refractivity contribution in [2.45, 2.75) is 13.8 Å². The van der Waals surface area contributed by atoms with Crippen molar-refractivity contribution >= 4 is 17.7 Å². The Morgan fingerprint density at radius 2 is 2.33 bits per heavy atom. The van der Waals surface area contributed by atoms with E-state index in [-0.39, 0.29) is 5.97 Å². The molecule has 0 bridgehead atoms. The summed E-state index contributed by atoms with van der Waals surface area (Å²) in [5.74, 6) is -0.367. The van der Waals surface area contributed by atoms with Crippen molar-refractivity contribution in [3.8, 4) is 0 Å². The summed E-state index contributed by atoms with van der Waals surface area (Å²) in [6.07, 6.45) is 2.95. The minimum Gasteiger partial charge on any atom is -0.463 e. The van der Waals surface area contributed by atoms with Gasteiger partial charge in [0, 0.05) is 6.08 Å². The number of rotatable bonds is 3. The molecular weight excluding hydrogens is 192 g/mol. The molecule has 0 unspecified atom stereocenters. The Bertz CT molecular complexity index is 386. The molecule has 0 spiro atoms. The minimum absolute atomic E-state index is 0.367. The minimum atomic E-state index is -0.367. The second-order valence-electron chi connectivity index (χ2n) is 3.00. The van der Waals surface area contributed by atoms with Crippen molar-refractivity contribution in [1.29, 1.82) is 0 Å². The topological polar surface area (TPSA) is 65.2 Å². The van der Waals surface area contributed by atoms with Crippen molar-refractivity contribution in [2.24, 2.45) is 0 Å². The standard InChI is InChI=1S/C11H14N2O2/c1-3-15-11(14)7-5-9-4-6-10(12)8(2)13-9/h4-7H,3,12H2,1-2H3. The number of aromatic nitrogens is 1. The molecule has 0 saturated heterocycles. The zero-order valence-electron chi connectivity index (χ0n) is 8.86. The summed E-state index contributed by atoms with van der Waals surface area (Å²) in [6.45, 7) is 3.95. The molecule has 2 N–H and O–H groups in total. The van der Waals surface area contributed by atoms with Crippen LogP contribution < -0.4 is 5.73 Å². The largest absolute Gasteiger partial charge is 0.463 e. The number of carbonyl (C=O) groups is 1. The number of nitrogens with two attached hydrogens (primary N) is 1. The third-order valence-electron chi connectivity index (χ3n) is 1.83. The lowest BCUT2D eigenvalue weighted by Gasteiger charge is -1.99. The molecule has 1 rings (SSSR count). The number of aryl methyl sites for hydroxylation is 1. The van der Waals surface area contributed by atoms with E-state index in [1.165, 1.54) is 6.08 Å². The lowest BCUT2D eigenvalue weighted by molar-refractivity contribution is -0.137. The van der Waals surface area contributed by atoms with Crippen LogP contribution in [0.1, 0.15) is 18.3 Å². The molecule has 0 aromatic carbocycles. The average Bonchev–Trinajstić information content (AvgIpc) is 2.20. The second-order valence-corrected chi connectivity index (χ2v) is 3.00. The van der Waals surface area contributed by atoms with Crippen LogP contribution >= 0.6 is 0 Å². The Labute approximate surface area is 88.8 Å². The molecule has 0 radical (unpaired) electrons. The van der Waals surface area contributed by atoms with Crippen LogP contribution in [0.15, 0.2) is 18.2 Å². The zero-order valence-corrected chi connectivity index (χ0v) is 8.86. The lowest BCUT2D eigenvalue weighted by atomic mass is 10.2. The van der Waals surface area contributed by atoms with Gasteiger partial charge in [0.1, 0.15) is 0 Å². The summed E-state index contributed by atoms with van der Waals surface area (Å²) in [5, 5.41) is 0. The van der Waals surface area contributed by atoms with E-state index in [1.807, 2.05) is 6.92 Å². The van der Waals surface area contributed by atoms with Gasteiger partial charge in [-0.2, -0.15) is 0 Å². The fourth-order valence-corrected chi connectivity index (χ4v) is 1.03. The van der Waals surface area contributed by atoms with Gasteiger partial charge in [-0.1, -0.05) is 0 Å². The SMILES string of the molecule is CCOC(=O)C=Cc1ccc(N)c(C)n1. The molecule has 0 amide bonds. The number of hydrogen-bond acceptors (Lipinski definition) is 4. The van der Waals surface area contributed by atoms with Crippen molar-refractivity contribution in [2.75, 3.05) is 12.3 Å². The van der Waals surface area contributed by atoms with Crippen molar-refractivity contribution < 1.29 is 9.53 Å². The van der Waals surface area contributed by atoms with E-state index >= 15 is 0 Å². The summed E-state index contributed by atoms with van der Waals surface area (Å²) < 4.78 is 4.74. The quantitative estimate of drug-likeness (QED) is 0.602. The number of esters is 1. The maximum atomic E-state index is 11.0. The van der Waals surface area contributed by atoms with Crippen LogP contribution in [-0.4, -0.2) is 17.6 Å². The van der Waals surface area contributed by atoms with Crippen LogP contribution in [0.4, 0.5) is 5.69 Å². The summed E-state index contributed by atoms with van der Waals surface area (Å²) in [7, 11) is 0. The van der Waals surface area contributed by atoms with E-state index in [1.54, 1.807) is 25.1 Å². The number of carbonyl (C=O) groups excluding carboxylic acids is 1. The molecule has 1 heterocycles. The summed E-state index contributed by atoms with van der Waals surface area (Å²) >= 11 is 0. The normalized spacial score (nSPS) is 10.5. The van der Waals surface area contributed by atoms with Gasteiger partial charge in [0.15, 0.2) is 0 Å². The molecule has 1 aromatic rings. The maximum Gasteiger partial charge on any atom is 0.330 e. The Balaban J connectivity index is 2.72. The number of pyridine rings is 1. The van der Waals surface area contributed by atoms with Crippen molar-refractivity contribution in [3.63, 3.8) is 0 Å². The van der Waals surface area contributed by atoms with Gasteiger partial charge in [0.25, 0.3) is 0 Å². The van der Waals surface area contributed by atoms with E-state index < -0.39 is 0 Å². The molecule has 0 atom stereocenters. The molecule has 0 aliphatic heterocycles. The van der Waals surface area contributed by atoms with Gasteiger partial charge < -0.3 is 10.5 Å². The zero-order chi connectivity index (χ0) is 11.3. The predicted molar refractivity (Wildman–Crippen MR) is 59.1 cm³/mol. The maximum absolute atomic E-state index is 11.0.